The molecule has 0 saturated carbocycles. The van der Waals surface area contributed by atoms with Crippen LogP contribution in [0.3, 0.4) is 0 Å². The first-order valence-electron chi connectivity index (χ1n) is 6.26. The highest BCUT2D eigenvalue weighted by molar-refractivity contribution is 6.20. The Kier molecular flexibility index (Phi) is 4.02. The van der Waals surface area contributed by atoms with Crippen LogP contribution in [-0.4, -0.2) is 62.6 Å². The zero-order valence-electron chi connectivity index (χ0n) is 12.3. The fourth-order valence-corrected chi connectivity index (χ4v) is 1.83. The van der Waals surface area contributed by atoms with Gasteiger partial charge in [-0.1, -0.05) is 12.1 Å². The lowest BCUT2D eigenvalue weighted by Crippen LogP contribution is -2.07. The predicted molar refractivity (Wildman–Crippen MR) is 78.8 cm³/mol. The molecule has 0 atom stereocenters. The Bertz CT molecular complexity index is 593. The summed E-state index contributed by atoms with van der Waals surface area (Å²) in [5.41, 5.74) is 1.54. The molecule has 0 radical (unpaired) electrons. The van der Waals surface area contributed by atoms with Crippen molar-refractivity contribution in [3.8, 4) is 0 Å². The molecule has 0 aromatic heterocycles. The average Bonchev–Trinajstić information content (AvgIpc) is 2.70. The number of hydrazone groups is 2. The molecule has 0 saturated heterocycles. The van der Waals surface area contributed by atoms with Crippen molar-refractivity contribution in [2.75, 3.05) is 28.2 Å². The normalized spacial score (nSPS) is 13.9. The fourth-order valence-electron chi connectivity index (χ4n) is 1.83. The van der Waals surface area contributed by atoms with Gasteiger partial charge in [-0.25, -0.2) is 9.59 Å². The highest BCUT2D eigenvalue weighted by atomic mass is 16.6. The van der Waals surface area contributed by atoms with Crippen LogP contribution in [0.5, 0.6) is 0 Å². The molecule has 0 spiro atoms. The lowest BCUT2D eigenvalue weighted by atomic mass is 9.98. The number of hydrogen-bond donors (Lipinski definition) is 0. The third-order valence-electron chi connectivity index (χ3n) is 2.72. The minimum absolute atomic E-state index is 0.230. The van der Waals surface area contributed by atoms with Gasteiger partial charge >= 0.3 is 11.9 Å². The number of fused-ring (bicyclic) bond motifs is 1. The Labute approximate surface area is 122 Å². The largest absolute Gasteiger partial charge is 0.386 e. The second kappa shape index (κ2) is 5.74. The minimum atomic E-state index is -0.657. The van der Waals surface area contributed by atoms with Crippen molar-refractivity contribution >= 4 is 24.4 Å². The maximum absolute atomic E-state index is 11.9. The van der Waals surface area contributed by atoms with Gasteiger partial charge in [0.05, 0.1) is 23.6 Å². The number of hydrogen-bond acceptors (Lipinski definition) is 7. The topological polar surface area (TPSA) is 74.6 Å². The number of benzene rings is 1. The third-order valence-corrected chi connectivity index (χ3v) is 2.72. The van der Waals surface area contributed by atoms with Crippen molar-refractivity contribution in [2.24, 2.45) is 10.2 Å². The van der Waals surface area contributed by atoms with Gasteiger partial charge in [0, 0.05) is 39.3 Å². The van der Waals surface area contributed by atoms with Gasteiger partial charge in [-0.2, -0.15) is 10.2 Å². The molecule has 1 aromatic carbocycles. The Balaban J connectivity index is 2.55. The summed E-state index contributed by atoms with van der Waals surface area (Å²) < 4.78 is 4.70. The van der Waals surface area contributed by atoms with Crippen molar-refractivity contribution in [1.29, 1.82) is 0 Å². The zero-order chi connectivity index (χ0) is 15.6. The standard InChI is InChI=1S/C14H16N4O3/c1-17(2)15-7-9-5-6-10(8-16-18(3)4)12-11(9)13(19)21-14(12)20/h5-8H,1-4H3/b15-7-,16-8-. The zero-order valence-corrected chi connectivity index (χ0v) is 12.3. The molecule has 0 amide bonds. The van der Waals surface area contributed by atoms with E-state index >= 15 is 0 Å². The Morgan fingerprint density at radius 1 is 0.857 bits per heavy atom. The van der Waals surface area contributed by atoms with Gasteiger partial charge in [-0.3, -0.25) is 0 Å². The van der Waals surface area contributed by atoms with Crippen LogP contribution in [0.25, 0.3) is 0 Å². The van der Waals surface area contributed by atoms with Crippen molar-refractivity contribution in [3.63, 3.8) is 0 Å². The first-order valence-corrected chi connectivity index (χ1v) is 6.26. The maximum atomic E-state index is 11.9. The fraction of sp³-hybridized carbons (Fsp3) is 0.286. The van der Waals surface area contributed by atoms with Gasteiger partial charge in [0.1, 0.15) is 0 Å². The number of cyclic esters (lactones) is 2. The van der Waals surface area contributed by atoms with E-state index in [4.69, 9.17) is 4.74 Å². The Morgan fingerprint density at radius 2 is 1.24 bits per heavy atom. The van der Waals surface area contributed by atoms with Crippen LogP contribution in [0.2, 0.25) is 0 Å². The monoisotopic (exact) mass is 288 g/mol. The number of carbonyl (C=O) groups excluding carboxylic acids is 2. The van der Waals surface area contributed by atoms with E-state index in [1.54, 1.807) is 50.3 Å². The van der Waals surface area contributed by atoms with E-state index in [1.807, 2.05) is 0 Å². The average molecular weight is 288 g/mol. The summed E-state index contributed by atoms with van der Waals surface area (Å²) >= 11 is 0. The van der Waals surface area contributed by atoms with Crippen LogP contribution >= 0.6 is 0 Å². The lowest BCUT2D eigenvalue weighted by Gasteiger charge is -2.06. The molecule has 1 heterocycles. The predicted octanol–water partition coefficient (Wildman–Crippen LogP) is 0.788. The Morgan fingerprint density at radius 3 is 1.57 bits per heavy atom. The summed E-state index contributed by atoms with van der Waals surface area (Å²) in [6, 6.07) is 3.42. The maximum Gasteiger partial charge on any atom is 0.347 e. The van der Waals surface area contributed by atoms with Gasteiger partial charge in [0.2, 0.25) is 0 Å². The lowest BCUT2D eigenvalue weighted by molar-refractivity contribution is 0.0443. The second-order valence-corrected chi connectivity index (χ2v) is 4.85. The molecule has 0 fully saturated rings. The van der Waals surface area contributed by atoms with Crippen LogP contribution in [0, 0.1) is 0 Å². The summed E-state index contributed by atoms with van der Waals surface area (Å²) in [7, 11) is 7.05. The molecule has 110 valence electrons. The highest BCUT2D eigenvalue weighted by Crippen LogP contribution is 2.25. The van der Waals surface area contributed by atoms with E-state index in [0.717, 1.165) is 0 Å². The molecule has 2 rings (SSSR count). The summed E-state index contributed by atoms with van der Waals surface area (Å²) in [6.07, 6.45) is 3.04. The van der Waals surface area contributed by atoms with Crippen molar-refractivity contribution < 1.29 is 14.3 Å². The van der Waals surface area contributed by atoms with Gasteiger partial charge < -0.3 is 14.8 Å². The summed E-state index contributed by atoms with van der Waals surface area (Å²) in [6.45, 7) is 0. The molecule has 1 aromatic rings. The number of nitrogens with zero attached hydrogens (tertiary/aromatic N) is 4. The van der Waals surface area contributed by atoms with Crippen LogP contribution in [0.4, 0.5) is 0 Å². The van der Waals surface area contributed by atoms with E-state index < -0.39 is 11.9 Å². The number of carbonyl (C=O) groups is 2. The molecular formula is C14H16N4O3. The molecule has 7 heteroatoms. The molecule has 1 aliphatic heterocycles. The van der Waals surface area contributed by atoms with E-state index in [2.05, 4.69) is 10.2 Å². The van der Waals surface area contributed by atoms with Crippen LogP contribution in [-0.2, 0) is 4.74 Å². The number of ether oxygens (including phenoxy) is 1. The van der Waals surface area contributed by atoms with Gasteiger partial charge in [0.25, 0.3) is 0 Å². The minimum Gasteiger partial charge on any atom is -0.386 e. The van der Waals surface area contributed by atoms with Crippen LogP contribution in [0.15, 0.2) is 22.3 Å². The third kappa shape index (κ3) is 3.07. The molecule has 0 unspecified atom stereocenters. The summed E-state index contributed by atoms with van der Waals surface area (Å²) in [5, 5.41) is 11.4. The first kappa shape index (κ1) is 14.7. The van der Waals surface area contributed by atoms with Crippen LogP contribution in [0.1, 0.15) is 31.8 Å². The molecule has 0 aliphatic carbocycles. The smallest absolute Gasteiger partial charge is 0.347 e. The van der Waals surface area contributed by atoms with E-state index in [9.17, 15) is 9.59 Å². The number of esters is 2. The molecule has 21 heavy (non-hydrogen) atoms. The van der Waals surface area contributed by atoms with E-state index in [-0.39, 0.29) is 11.1 Å². The molecule has 0 bridgehead atoms. The first-order chi connectivity index (χ1) is 9.90. The molecular weight excluding hydrogens is 272 g/mol. The van der Waals surface area contributed by atoms with Gasteiger partial charge in [0.15, 0.2) is 0 Å². The summed E-state index contributed by atoms with van der Waals surface area (Å²) in [4.78, 5) is 23.7. The molecule has 0 N–H and O–H groups in total. The van der Waals surface area contributed by atoms with E-state index in [0.29, 0.717) is 11.1 Å². The summed E-state index contributed by atoms with van der Waals surface area (Å²) in [5.74, 6) is -1.31. The molecule has 1 aliphatic rings. The SMILES string of the molecule is CN(C)/N=C\c1ccc(/C=N\N(C)C)c2c1C(=O)OC2=O. The Hall–Kier alpha value is -2.70. The highest BCUT2D eigenvalue weighted by Gasteiger charge is 2.34. The van der Waals surface area contributed by atoms with E-state index in [1.165, 1.54) is 12.4 Å². The van der Waals surface area contributed by atoms with Gasteiger partial charge in [-0.05, 0) is 0 Å². The van der Waals surface area contributed by atoms with Gasteiger partial charge in [-0.15, -0.1) is 0 Å². The molecule has 7 nitrogen and oxygen atoms in total. The van der Waals surface area contributed by atoms with Crippen molar-refractivity contribution in [3.05, 3.63) is 34.4 Å². The quantitative estimate of drug-likeness (QED) is 0.354. The van der Waals surface area contributed by atoms with Crippen molar-refractivity contribution in [1.82, 2.24) is 10.0 Å². The number of rotatable bonds is 4. The van der Waals surface area contributed by atoms with Crippen LogP contribution < -0.4 is 0 Å². The second-order valence-electron chi connectivity index (χ2n) is 4.85. The van der Waals surface area contributed by atoms with Crippen molar-refractivity contribution in [2.45, 2.75) is 0 Å².